The number of nitrogens with one attached hydrogen (secondary N) is 1. The van der Waals surface area contributed by atoms with E-state index in [1.54, 1.807) is 19.1 Å². The van der Waals surface area contributed by atoms with Crippen LogP contribution in [-0.2, 0) is 0 Å². The number of carbonyl (C=O) groups is 1. The van der Waals surface area contributed by atoms with Gasteiger partial charge in [-0.1, -0.05) is 47.4 Å². The summed E-state index contributed by atoms with van der Waals surface area (Å²) in [5, 5.41) is 7.55. The van der Waals surface area contributed by atoms with E-state index in [1.807, 2.05) is 24.3 Å². The molecule has 1 amide bonds. The van der Waals surface area contributed by atoms with Crippen molar-refractivity contribution in [1.82, 2.24) is 15.4 Å². The number of aromatic nitrogens is 1. The fourth-order valence-electron chi connectivity index (χ4n) is 3.92. The number of hydrogen-bond donors (Lipinski definition) is 1. The zero-order chi connectivity index (χ0) is 21.8. The molecule has 1 aliphatic heterocycles. The summed E-state index contributed by atoms with van der Waals surface area (Å²) in [5.41, 5.74) is 2.38. The lowest BCUT2D eigenvalue weighted by Gasteiger charge is -2.35. The van der Waals surface area contributed by atoms with Crippen molar-refractivity contribution in [2.24, 2.45) is 0 Å². The Kier molecular flexibility index (Phi) is 6.68. The number of nitrogens with zero attached hydrogens (tertiary/aromatic N) is 2. The number of likely N-dealkylation sites (tertiary alicyclic amines) is 1. The summed E-state index contributed by atoms with van der Waals surface area (Å²) in [4.78, 5) is 15.1. The second-order valence-electron chi connectivity index (χ2n) is 7.91. The molecular weight excluding hydrogens is 417 g/mol. The molecule has 1 saturated heterocycles. The Labute approximate surface area is 186 Å². The van der Waals surface area contributed by atoms with Crippen molar-refractivity contribution in [2.75, 3.05) is 19.6 Å². The standard InChI is InChI=1S/C24H25ClFN3O2/c1-16-5-6-18(13-20(16)26)23-14-21(28-31-23)24(30)27-15-22(29-11-3-2-4-12-29)17-7-9-19(25)10-8-17/h5-10,13-14,22H,2-4,11-12,15H2,1H3,(H,27,30). The number of hydrogen-bond acceptors (Lipinski definition) is 4. The van der Waals surface area contributed by atoms with Gasteiger partial charge < -0.3 is 9.84 Å². The lowest BCUT2D eigenvalue weighted by atomic mass is 10.0. The Hall–Kier alpha value is -2.70. The van der Waals surface area contributed by atoms with E-state index in [0.29, 0.717) is 28.5 Å². The molecule has 31 heavy (non-hydrogen) atoms. The van der Waals surface area contributed by atoms with Crippen molar-refractivity contribution in [1.29, 1.82) is 0 Å². The van der Waals surface area contributed by atoms with Crippen molar-refractivity contribution in [3.63, 3.8) is 0 Å². The maximum Gasteiger partial charge on any atom is 0.273 e. The maximum absolute atomic E-state index is 13.8. The van der Waals surface area contributed by atoms with Gasteiger partial charge in [-0.15, -0.1) is 0 Å². The molecule has 0 aliphatic carbocycles. The highest BCUT2D eigenvalue weighted by Crippen LogP contribution is 2.26. The summed E-state index contributed by atoms with van der Waals surface area (Å²) >= 11 is 6.06. The first-order valence-corrected chi connectivity index (χ1v) is 10.9. The highest BCUT2D eigenvalue weighted by Gasteiger charge is 2.24. The molecule has 1 unspecified atom stereocenters. The third kappa shape index (κ3) is 5.14. The monoisotopic (exact) mass is 441 g/mol. The van der Waals surface area contributed by atoms with Crippen molar-refractivity contribution in [3.8, 4) is 11.3 Å². The second-order valence-corrected chi connectivity index (χ2v) is 8.35. The topological polar surface area (TPSA) is 58.4 Å². The molecule has 2 aromatic carbocycles. The van der Waals surface area contributed by atoms with Gasteiger partial charge in [0, 0.05) is 23.2 Å². The molecule has 5 nitrogen and oxygen atoms in total. The molecule has 162 valence electrons. The number of rotatable bonds is 6. The van der Waals surface area contributed by atoms with E-state index in [4.69, 9.17) is 16.1 Å². The molecule has 0 spiro atoms. The number of carbonyl (C=O) groups excluding carboxylic acids is 1. The average molecular weight is 442 g/mol. The quantitative estimate of drug-likeness (QED) is 0.556. The highest BCUT2D eigenvalue weighted by molar-refractivity contribution is 6.30. The number of piperidine rings is 1. The molecule has 0 radical (unpaired) electrons. The lowest BCUT2D eigenvalue weighted by Crippen LogP contribution is -2.40. The largest absolute Gasteiger partial charge is 0.355 e. The van der Waals surface area contributed by atoms with E-state index in [1.165, 1.54) is 18.6 Å². The Morgan fingerprint density at radius 1 is 1.16 bits per heavy atom. The van der Waals surface area contributed by atoms with Gasteiger partial charge in [-0.2, -0.15) is 0 Å². The smallest absolute Gasteiger partial charge is 0.273 e. The first-order chi connectivity index (χ1) is 15.0. The van der Waals surface area contributed by atoms with Gasteiger partial charge >= 0.3 is 0 Å². The van der Waals surface area contributed by atoms with E-state index < -0.39 is 0 Å². The van der Waals surface area contributed by atoms with Gasteiger partial charge in [0.05, 0.1) is 6.04 Å². The number of benzene rings is 2. The Morgan fingerprint density at radius 2 is 1.90 bits per heavy atom. The van der Waals surface area contributed by atoms with Crippen LogP contribution >= 0.6 is 11.6 Å². The molecule has 1 aromatic heterocycles. The fourth-order valence-corrected chi connectivity index (χ4v) is 4.04. The van der Waals surface area contributed by atoms with Crippen LogP contribution in [-0.4, -0.2) is 35.6 Å². The second kappa shape index (κ2) is 9.62. The van der Waals surface area contributed by atoms with Crippen LogP contribution in [0.15, 0.2) is 53.1 Å². The zero-order valence-electron chi connectivity index (χ0n) is 17.4. The SMILES string of the molecule is Cc1ccc(-c2cc(C(=O)NCC(c3ccc(Cl)cc3)N3CCCCC3)no2)cc1F. The summed E-state index contributed by atoms with van der Waals surface area (Å²) in [6, 6.07) is 14.2. The van der Waals surface area contributed by atoms with E-state index in [-0.39, 0.29) is 23.5 Å². The van der Waals surface area contributed by atoms with Gasteiger partial charge in [0.1, 0.15) is 5.82 Å². The van der Waals surface area contributed by atoms with Crippen LogP contribution in [0, 0.1) is 12.7 Å². The van der Waals surface area contributed by atoms with Gasteiger partial charge in [-0.05, 0) is 62.2 Å². The predicted molar refractivity (Wildman–Crippen MR) is 119 cm³/mol. The molecule has 2 heterocycles. The summed E-state index contributed by atoms with van der Waals surface area (Å²) in [6.45, 7) is 4.13. The lowest BCUT2D eigenvalue weighted by molar-refractivity contribution is 0.0915. The predicted octanol–water partition coefficient (Wildman–Crippen LogP) is 5.40. The van der Waals surface area contributed by atoms with Crippen molar-refractivity contribution < 1.29 is 13.7 Å². The van der Waals surface area contributed by atoms with Crippen LogP contribution in [0.3, 0.4) is 0 Å². The minimum Gasteiger partial charge on any atom is -0.355 e. The van der Waals surface area contributed by atoms with Gasteiger partial charge in [0.2, 0.25) is 0 Å². The zero-order valence-corrected chi connectivity index (χ0v) is 18.2. The maximum atomic E-state index is 13.8. The van der Waals surface area contributed by atoms with Crippen LogP contribution in [0.2, 0.25) is 5.02 Å². The Bertz CT molecular complexity index is 1050. The van der Waals surface area contributed by atoms with Gasteiger partial charge in [-0.25, -0.2) is 4.39 Å². The molecule has 1 aliphatic rings. The third-order valence-corrected chi connectivity index (χ3v) is 5.99. The summed E-state index contributed by atoms with van der Waals surface area (Å²) in [6.07, 6.45) is 3.53. The molecule has 3 aromatic rings. The number of halogens is 2. The highest BCUT2D eigenvalue weighted by atomic mass is 35.5. The fraction of sp³-hybridized carbons (Fsp3) is 0.333. The molecular formula is C24H25ClFN3O2. The molecule has 1 N–H and O–H groups in total. The molecule has 1 fully saturated rings. The normalized spacial score (nSPS) is 15.6. The molecule has 7 heteroatoms. The first-order valence-electron chi connectivity index (χ1n) is 10.5. The summed E-state index contributed by atoms with van der Waals surface area (Å²) in [5.74, 6) is -0.292. The van der Waals surface area contributed by atoms with Crippen LogP contribution in [0.1, 0.15) is 46.9 Å². The van der Waals surface area contributed by atoms with Crippen molar-refractivity contribution >= 4 is 17.5 Å². The molecule has 0 saturated carbocycles. The molecule has 0 bridgehead atoms. The number of aryl methyl sites for hydroxylation is 1. The van der Waals surface area contributed by atoms with Crippen LogP contribution < -0.4 is 5.32 Å². The van der Waals surface area contributed by atoms with Gasteiger partial charge in [0.25, 0.3) is 5.91 Å². The summed E-state index contributed by atoms with van der Waals surface area (Å²) < 4.78 is 19.1. The van der Waals surface area contributed by atoms with E-state index in [2.05, 4.69) is 15.4 Å². The molecule has 4 rings (SSSR count). The van der Waals surface area contributed by atoms with E-state index >= 15 is 0 Å². The van der Waals surface area contributed by atoms with Crippen molar-refractivity contribution in [2.45, 2.75) is 32.2 Å². The van der Waals surface area contributed by atoms with Crippen LogP contribution in [0.25, 0.3) is 11.3 Å². The first kappa shape index (κ1) is 21.5. The third-order valence-electron chi connectivity index (χ3n) is 5.74. The minimum absolute atomic E-state index is 0.0547. The van der Waals surface area contributed by atoms with Crippen molar-refractivity contribution in [3.05, 3.63) is 76.2 Å². The Balaban J connectivity index is 1.47. The summed E-state index contributed by atoms with van der Waals surface area (Å²) in [7, 11) is 0. The van der Waals surface area contributed by atoms with Crippen LogP contribution in [0.4, 0.5) is 4.39 Å². The van der Waals surface area contributed by atoms with Gasteiger partial charge in [0.15, 0.2) is 11.5 Å². The minimum atomic E-state index is -0.327. The van der Waals surface area contributed by atoms with Gasteiger partial charge in [-0.3, -0.25) is 9.69 Å². The van der Waals surface area contributed by atoms with E-state index in [9.17, 15) is 9.18 Å². The Morgan fingerprint density at radius 3 is 2.61 bits per heavy atom. The average Bonchev–Trinajstić information content (AvgIpc) is 3.28. The van der Waals surface area contributed by atoms with Crippen LogP contribution in [0.5, 0.6) is 0 Å². The van der Waals surface area contributed by atoms with E-state index in [0.717, 1.165) is 31.5 Å². The number of amides is 1. The molecule has 1 atom stereocenters.